The molecule has 2 aromatic carbocycles. The van der Waals surface area contributed by atoms with Crippen molar-refractivity contribution in [2.75, 3.05) is 44.2 Å². The number of hydrogen-bond acceptors (Lipinski definition) is 5. The normalized spacial score (nSPS) is 22.9. The number of nitrogens with one attached hydrogen (secondary N) is 1. The number of anilines is 1. The lowest BCUT2D eigenvalue weighted by atomic mass is 9.92. The van der Waals surface area contributed by atoms with Gasteiger partial charge in [0.1, 0.15) is 5.54 Å². The monoisotopic (exact) mass is 444 g/mol. The Morgan fingerprint density at radius 2 is 1.69 bits per heavy atom. The van der Waals surface area contributed by atoms with Crippen LogP contribution in [0, 0.1) is 11.6 Å². The Labute approximate surface area is 185 Å². The number of benzene rings is 2. The minimum Gasteiger partial charge on any atom is -0.390 e. The molecule has 2 saturated heterocycles. The quantitative estimate of drug-likeness (QED) is 0.666. The zero-order chi connectivity index (χ0) is 22.9. The van der Waals surface area contributed by atoms with Gasteiger partial charge in [0.25, 0.3) is 5.91 Å². The summed E-state index contributed by atoms with van der Waals surface area (Å²) < 4.78 is 26.9. The van der Waals surface area contributed by atoms with Crippen molar-refractivity contribution in [2.45, 2.75) is 18.6 Å². The average molecular weight is 444 g/mol. The van der Waals surface area contributed by atoms with Gasteiger partial charge in [-0.3, -0.25) is 14.6 Å². The maximum absolute atomic E-state index is 13.7. The molecule has 3 amide bonds. The molecule has 170 valence electrons. The van der Waals surface area contributed by atoms with Gasteiger partial charge in [-0.2, -0.15) is 0 Å². The van der Waals surface area contributed by atoms with E-state index in [1.807, 2.05) is 18.2 Å². The van der Waals surface area contributed by atoms with Gasteiger partial charge in [0.05, 0.1) is 12.6 Å². The molecule has 4 rings (SSSR count). The van der Waals surface area contributed by atoms with Gasteiger partial charge in [0, 0.05) is 38.4 Å². The Hall–Kier alpha value is -3.04. The number of β-amino-alcohol motifs (C(OH)–C–C–N with tert-alkyl or cyclic N) is 1. The lowest BCUT2D eigenvalue weighted by molar-refractivity contribution is -0.132. The number of halogens is 2. The second-order valence-corrected chi connectivity index (χ2v) is 8.38. The fraction of sp³-hybridized carbons (Fsp3) is 0.391. The molecule has 2 aliphatic heterocycles. The van der Waals surface area contributed by atoms with E-state index in [4.69, 9.17) is 0 Å². The molecule has 7 nitrogen and oxygen atoms in total. The molecule has 9 heteroatoms. The number of imide groups is 1. The Morgan fingerprint density at radius 3 is 2.34 bits per heavy atom. The van der Waals surface area contributed by atoms with Crippen molar-refractivity contribution >= 4 is 17.6 Å². The third-order valence-corrected chi connectivity index (χ3v) is 6.13. The highest BCUT2D eigenvalue weighted by Gasteiger charge is 2.49. The molecule has 0 radical (unpaired) electrons. The van der Waals surface area contributed by atoms with Crippen LogP contribution in [-0.4, -0.2) is 72.2 Å². The fourth-order valence-electron chi connectivity index (χ4n) is 4.26. The van der Waals surface area contributed by atoms with E-state index in [1.54, 1.807) is 0 Å². The van der Waals surface area contributed by atoms with Crippen LogP contribution >= 0.6 is 0 Å². The largest absolute Gasteiger partial charge is 0.390 e. The lowest BCUT2D eigenvalue weighted by Crippen LogP contribution is -2.50. The fourth-order valence-corrected chi connectivity index (χ4v) is 4.26. The molecule has 2 aromatic rings. The molecule has 2 N–H and O–H groups in total. The van der Waals surface area contributed by atoms with E-state index < -0.39 is 35.2 Å². The highest BCUT2D eigenvalue weighted by molar-refractivity contribution is 6.07. The molecule has 0 aromatic heterocycles. The van der Waals surface area contributed by atoms with E-state index in [9.17, 15) is 23.5 Å². The number of carbonyl (C=O) groups is 2. The maximum Gasteiger partial charge on any atom is 0.325 e. The molecule has 0 saturated carbocycles. The van der Waals surface area contributed by atoms with E-state index in [0.717, 1.165) is 48.9 Å². The minimum absolute atomic E-state index is 0.142. The van der Waals surface area contributed by atoms with Crippen LogP contribution in [0.1, 0.15) is 12.5 Å². The van der Waals surface area contributed by atoms with Crippen LogP contribution < -0.4 is 10.2 Å². The number of rotatable bonds is 6. The third kappa shape index (κ3) is 4.31. The summed E-state index contributed by atoms with van der Waals surface area (Å²) in [6.07, 6.45) is -0.930. The van der Waals surface area contributed by atoms with Crippen molar-refractivity contribution in [1.82, 2.24) is 15.1 Å². The summed E-state index contributed by atoms with van der Waals surface area (Å²) in [5, 5.41) is 13.1. The standard InChI is InChI=1S/C23H26F2N4O3/c1-23(16-7-8-19(24)20(25)13-16)21(31)29(22(32)26-23)15-18(30)14-27-9-11-28(12-10-27)17-5-3-2-4-6-17/h2-8,13,18,30H,9-12,14-15H2,1H3,(H,26,32). The Bertz CT molecular complexity index is 998. The van der Waals surface area contributed by atoms with Crippen LogP contribution in [0.5, 0.6) is 0 Å². The molecule has 2 unspecified atom stereocenters. The van der Waals surface area contributed by atoms with E-state index in [0.29, 0.717) is 6.54 Å². The smallest absolute Gasteiger partial charge is 0.325 e. The van der Waals surface area contributed by atoms with Gasteiger partial charge < -0.3 is 15.3 Å². The molecule has 2 fully saturated rings. The van der Waals surface area contributed by atoms with Crippen molar-refractivity contribution in [3.63, 3.8) is 0 Å². The first-order valence-corrected chi connectivity index (χ1v) is 10.6. The summed E-state index contributed by atoms with van der Waals surface area (Å²) >= 11 is 0. The van der Waals surface area contributed by atoms with Crippen LogP contribution in [0.15, 0.2) is 48.5 Å². The van der Waals surface area contributed by atoms with Crippen molar-refractivity contribution < 1.29 is 23.5 Å². The third-order valence-electron chi connectivity index (χ3n) is 6.13. The SMILES string of the molecule is CC1(c2ccc(F)c(F)c2)NC(=O)N(CC(O)CN2CCN(c3ccccc3)CC2)C1=O. The molecule has 0 aliphatic carbocycles. The molecule has 2 atom stereocenters. The Balaban J connectivity index is 1.34. The van der Waals surface area contributed by atoms with E-state index >= 15 is 0 Å². The molecule has 32 heavy (non-hydrogen) atoms. The molecule has 2 heterocycles. The topological polar surface area (TPSA) is 76.1 Å². The van der Waals surface area contributed by atoms with Crippen LogP contribution in [0.4, 0.5) is 19.3 Å². The van der Waals surface area contributed by atoms with Crippen molar-refractivity contribution in [3.8, 4) is 0 Å². The van der Waals surface area contributed by atoms with Gasteiger partial charge in [-0.15, -0.1) is 0 Å². The summed E-state index contributed by atoms with van der Waals surface area (Å²) in [6.45, 7) is 4.71. The number of hydrogen-bond donors (Lipinski definition) is 2. The predicted molar refractivity (Wildman–Crippen MR) is 115 cm³/mol. The van der Waals surface area contributed by atoms with E-state index in [2.05, 4.69) is 27.2 Å². The molecular formula is C23H26F2N4O3. The second kappa shape index (κ2) is 8.84. The number of amides is 3. The Kier molecular flexibility index (Phi) is 6.12. The molecular weight excluding hydrogens is 418 g/mol. The molecule has 0 spiro atoms. The molecule has 0 bridgehead atoms. The summed E-state index contributed by atoms with van der Waals surface area (Å²) in [6, 6.07) is 12.5. The first-order valence-electron chi connectivity index (χ1n) is 10.6. The van der Waals surface area contributed by atoms with Crippen molar-refractivity contribution in [2.24, 2.45) is 0 Å². The number of urea groups is 1. The van der Waals surface area contributed by atoms with Crippen molar-refractivity contribution in [3.05, 3.63) is 65.7 Å². The lowest BCUT2D eigenvalue weighted by Gasteiger charge is -2.37. The number of carbonyl (C=O) groups excluding carboxylic acids is 2. The van der Waals surface area contributed by atoms with Crippen molar-refractivity contribution in [1.29, 1.82) is 0 Å². The van der Waals surface area contributed by atoms with Crippen LogP contribution in [0.2, 0.25) is 0 Å². The Morgan fingerprint density at radius 1 is 1.00 bits per heavy atom. The van der Waals surface area contributed by atoms with Gasteiger partial charge in [-0.25, -0.2) is 13.6 Å². The molecule has 2 aliphatic rings. The number of aliphatic hydroxyl groups excluding tert-OH is 1. The van der Waals surface area contributed by atoms with Gasteiger partial charge in [0.15, 0.2) is 11.6 Å². The maximum atomic E-state index is 13.7. The van der Waals surface area contributed by atoms with Gasteiger partial charge in [-0.1, -0.05) is 24.3 Å². The zero-order valence-corrected chi connectivity index (χ0v) is 17.8. The average Bonchev–Trinajstić information content (AvgIpc) is 3.00. The van der Waals surface area contributed by atoms with Gasteiger partial charge in [0.2, 0.25) is 0 Å². The summed E-state index contributed by atoms with van der Waals surface area (Å²) in [7, 11) is 0. The predicted octanol–water partition coefficient (Wildman–Crippen LogP) is 1.91. The van der Waals surface area contributed by atoms with Gasteiger partial charge >= 0.3 is 6.03 Å². The minimum atomic E-state index is -1.52. The first-order chi connectivity index (χ1) is 15.3. The second-order valence-electron chi connectivity index (χ2n) is 8.38. The first kappa shape index (κ1) is 22.2. The van der Waals surface area contributed by atoms with Crippen LogP contribution in [-0.2, 0) is 10.3 Å². The van der Waals surface area contributed by atoms with E-state index in [-0.39, 0.29) is 12.1 Å². The number of nitrogens with zero attached hydrogens (tertiary/aromatic N) is 3. The van der Waals surface area contributed by atoms with Crippen LogP contribution in [0.25, 0.3) is 0 Å². The highest BCUT2D eigenvalue weighted by atomic mass is 19.2. The van der Waals surface area contributed by atoms with E-state index in [1.165, 1.54) is 13.0 Å². The number of piperazine rings is 1. The van der Waals surface area contributed by atoms with Gasteiger partial charge in [-0.05, 0) is 36.8 Å². The number of para-hydroxylation sites is 1. The summed E-state index contributed by atoms with van der Waals surface area (Å²) in [5.41, 5.74) is -0.223. The zero-order valence-electron chi connectivity index (χ0n) is 17.8. The summed E-state index contributed by atoms with van der Waals surface area (Å²) in [5.74, 6) is -2.74. The number of aliphatic hydroxyl groups is 1. The van der Waals surface area contributed by atoms with Crippen LogP contribution in [0.3, 0.4) is 0 Å². The highest BCUT2D eigenvalue weighted by Crippen LogP contribution is 2.30. The summed E-state index contributed by atoms with van der Waals surface area (Å²) in [4.78, 5) is 30.7.